The number of halogens is 1. The summed E-state index contributed by atoms with van der Waals surface area (Å²) < 4.78 is 0. The molecular formula is C13H13BrN2O. The second kappa shape index (κ2) is 5.27. The lowest BCUT2D eigenvalue weighted by atomic mass is 10.1. The molecule has 1 aromatic carbocycles. The minimum absolute atomic E-state index is 0.0803. The van der Waals surface area contributed by atoms with E-state index in [1.54, 1.807) is 6.92 Å². The van der Waals surface area contributed by atoms with Crippen LogP contribution in [0, 0.1) is 6.92 Å². The van der Waals surface area contributed by atoms with Crippen LogP contribution in [0.5, 0.6) is 0 Å². The molecule has 3 nitrogen and oxygen atoms in total. The van der Waals surface area contributed by atoms with E-state index in [0.717, 1.165) is 22.8 Å². The predicted molar refractivity (Wildman–Crippen MR) is 74.5 cm³/mol. The second-order valence-electron chi connectivity index (χ2n) is 3.81. The van der Waals surface area contributed by atoms with Crippen LogP contribution in [0.4, 0.5) is 0 Å². The lowest BCUT2D eigenvalue weighted by Crippen LogP contribution is -2.09. The fourth-order valence-electron chi connectivity index (χ4n) is 1.66. The summed E-state index contributed by atoms with van der Waals surface area (Å²) in [7, 11) is 0. The smallest absolute Gasteiger partial charge is 0.258 e. The summed E-state index contributed by atoms with van der Waals surface area (Å²) in [4.78, 5) is 18.8. The molecule has 0 aliphatic rings. The van der Waals surface area contributed by atoms with Crippen molar-refractivity contribution in [2.24, 2.45) is 0 Å². The number of rotatable bonds is 3. The van der Waals surface area contributed by atoms with Gasteiger partial charge in [0.15, 0.2) is 0 Å². The Morgan fingerprint density at radius 2 is 2.29 bits per heavy atom. The Labute approximate surface area is 108 Å². The third kappa shape index (κ3) is 2.82. The topological polar surface area (TPSA) is 45.8 Å². The number of aromatic amines is 1. The maximum Gasteiger partial charge on any atom is 0.258 e. The molecule has 0 saturated heterocycles. The molecule has 4 heteroatoms. The number of hydrogen-bond donors (Lipinski definition) is 1. The van der Waals surface area contributed by atoms with Crippen LogP contribution >= 0.6 is 15.9 Å². The molecule has 0 saturated carbocycles. The number of nitrogens with zero attached hydrogens (tertiary/aromatic N) is 1. The second-order valence-corrected chi connectivity index (χ2v) is 4.60. The van der Waals surface area contributed by atoms with Crippen molar-refractivity contribution in [2.75, 3.05) is 5.33 Å². The van der Waals surface area contributed by atoms with E-state index in [0.29, 0.717) is 11.2 Å². The molecule has 1 N–H and O–H groups in total. The number of alkyl halides is 1. The first-order chi connectivity index (χ1) is 8.20. The molecule has 88 valence electrons. The summed E-state index contributed by atoms with van der Waals surface area (Å²) in [6.07, 6.45) is 5.06. The molecule has 2 aromatic rings. The lowest BCUT2D eigenvalue weighted by molar-refractivity contribution is 1.06. The molecule has 0 aliphatic heterocycles. The van der Waals surface area contributed by atoms with Gasteiger partial charge in [-0.05, 0) is 31.0 Å². The van der Waals surface area contributed by atoms with E-state index in [1.165, 1.54) is 0 Å². The van der Waals surface area contributed by atoms with E-state index in [2.05, 4.69) is 32.0 Å². The molecule has 0 aliphatic carbocycles. The Balaban J connectivity index is 2.47. The molecule has 1 heterocycles. The van der Waals surface area contributed by atoms with Gasteiger partial charge in [0.2, 0.25) is 0 Å². The van der Waals surface area contributed by atoms with Gasteiger partial charge in [0, 0.05) is 5.33 Å². The van der Waals surface area contributed by atoms with Gasteiger partial charge in [-0.2, -0.15) is 0 Å². The number of hydrogen-bond acceptors (Lipinski definition) is 2. The van der Waals surface area contributed by atoms with E-state index < -0.39 is 0 Å². The highest BCUT2D eigenvalue weighted by atomic mass is 79.9. The number of aromatic nitrogens is 2. The van der Waals surface area contributed by atoms with Crippen LogP contribution in [-0.4, -0.2) is 15.3 Å². The van der Waals surface area contributed by atoms with Gasteiger partial charge >= 0.3 is 0 Å². The van der Waals surface area contributed by atoms with Gasteiger partial charge in [0.25, 0.3) is 5.56 Å². The van der Waals surface area contributed by atoms with Crippen LogP contribution in [0.25, 0.3) is 17.0 Å². The van der Waals surface area contributed by atoms with Gasteiger partial charge in [0.05, 0.1) is 10.9 Å². The number of nitrogens with one attached hydrogen (secondary N) is 1. The normalized spacial score (nSPS) is 11.4. The van der Waals surface area contributed by atoms with Crippen LogP contribution in [0.15, 0.2) is 29.1 Å². The predicted octanol–water partition coefficient (Wildman–Crippen LogP) is 3.03. The van der Waals surface area contributed by atoms with Crippen molar-refractivity contribution in [1.29, 1.82) is 0 Å². The molecule has 1 aromatic heterocycles. The minimum atomic E-state index is -0.0803. The molecule has 0 fully saturated rings. The average molecular weight is 293 g/mol. The Bertz CT molecular complexity index is 616. The van der Waals surface area contributed by atoms with E-state index in [-0.39, 0.29) is 5.56 Å². The van der Waals surface area contributed by atoms with Gasteiger partial charge in [-0.15, -0.1) is 0 Å². The molecule has 17 heavy (non-hydrogen) atoms. The number of benzene rings is 1. The summed E-state index contributed by atoms with van der Waals surface area (Å²) in [5.41, 5.74) is 1.68. The number of allylic oxidation sites excluding steroid dienone is 1. The van der Waals surface area contributed by atoms with Crippen LogP contribution in [0.3, 0.4) is 0 Å². The van der Waals surface area contributed by atoms with Crippen molar-refractivity contribution in [3.8, 4) is 0 Å². The van der Waals surface area contributed by atoms with Gasteiger partial charge in [-0.25, -0.2) is 4.98 Å². The molecular weight excluding hydrogens is 280 g/mol. The Morgan fingerprint density at radius 1 is 1.47 bits per heavy atom. The largest absolute Gasteiger partial charge is 0.310 e. The fraction of sp³-hybridized carbons (Fsp3) is 0.231. The fourth-order valence-corrected chi connectivity index (χ4v) is 1.92. The molecule has 0 radical (unpaired) electrons. The molecule has 2 rings (SSSR count). The standard InChI is InChI=1S/C13H13BrN2O/c1-9-15-12-6-5-10(4-2-3-7-14)8-11(12)13(17)16-9/h2,4-6,8H,3,7H2,1H3,(H,15,16,17). The van der Waals surface area contributed by atoms with E-state index in [9.17, 15) is 4.79 Å². The van der Waals surface area contributed by atoms with E-state index >= 15 is 0 Å². The first-order valence-electron chi connectivity index (χ1n) is 5.44. The Morgan fingerprint density at radius 3 is 3.06 bits per heavy atom. The molecule has 0 spiro atoms. The van der Waals surface area contributed by atoms with Crippen LogP contribution in [-0.2, 0) is 0 Å². The SMILES string of the molecule is Cc1nc2ccc(C=CCCBr)cc2c(=O)[nH]1. The summed E-state index contributed by atoms with van der Waals surface area (Å²) in [5, 5.41) is 1.58. The van der Waals surface area contributed by atoms with Crippen molar-refractivity contribution < 1.29 is 0 Å². The molecule has 0 bridgehead atoms. The number of aryl methyl sites for hydroxylation is 1. The van der Waals surface area contributed by atoms with E-state index in [4.69, 9.17) is 0 Å². The van der Waals surface area contributed by atoms with Gasteiger partial charge in [-0.1, -0.05) is 34.1 Å². The highest BCUT2D eigenvalue weighted by Crippen LogP contribution is 2.12. The first-order valence-corrected chi connectivity index (χ1v) is 6.56. The summed E-state index contributed by atoms with van der Waals surface area (Å²) in [6, 6.07) is 5.72. The Kier molecular flexibility index (Phi) is 3.74. The Hall–Kier alpha value is -1.42. The molecule has 0 atom stereocenters. The zero-order valence-corrected chi connectivity index (χ0v) is 11.1. The maximum atomic E-state index is 11.8. The lowest BCUT2D eigenvalue weighted by Gasteiger charge is -2.00. The summed E-state index contributed by atoms with van der Waals surface area (Å²) in [5.74, 6) is 0.644. The third-order valence-corrected chi connectivity index (χ3v) is 2.89. The van der Waals surface area contributed by atoms with Crippen LogP contribution in [0.2, 0.25) is 0 Å². The van der Waals surface area contributed by atoms with Gasteiger partial charge in [-0.3, -0.25) is 4.79 Å². The zero-order chi connectivity index (χ0) is 12.3. The van der Waals surface area contributed by atoms with Crippen molar-refractivity contribution >= 4 is 32.9 Å². The van der Waals surface area contributed by atoms with E-state index in [1.807, 2.05) is 24.3 Å². The number of H-pyrrole nitrogens is 1. The number of fused-ring (bicyclic) bond motifs is 1. The minimum Gasteiger partial charge on any atom is -0.310 e. The first kappa shape index (κ1) is 12.0. The zero-order valence-electron chi connectivity index (χ0n) is 9.53. The van der Waals surface area contributed by atoms with Gasteiger partial charge in [0.1, 0.15) is 5.82 Å². The summed E-state index contributed by atoms with van der Waals surface area (Å²) in [6.45, 7) is 1.78. The van der Waals surface area contributed by atoms with Crippen molar-refractivity contribution in [3.63, 3.8) is 0 Å². The van der Waals surface area contributed by atoms with Crippen molar-refractivity contribution in [3.05, 3.63) is 46.0 Å². The average Bonchev–Trinajstić information content (AvgIpc) is 2.30. The highest BCUT2D eigenvalue weighted by molar-refractivity contribution is 9.09. The molecule has 0 unspecified atom stereocenters. The molecule has 0 amide bonds. The summed E-state index contributed by atoms with van der Waals surface area (Å²) >= 11 is 3.37. The van der Waals surface area contributed by atoms with Crippen molar-refractivity contribution in [2.45, 2.75) is 13.3 Å². The highest BCUT2D eigenvalue weighted by Gasteiger charge is 2.01. The monoisotopic (exact) mass is 292 g/mol. The van der Waals surface area contributed by atoms with Crippen LogP contribution < -0.4 is 5.56 Å². The van der Waals surface area contributed by atoms with Gasteiger partial charge < -0.3 is 4.98 Å². The quantitative estimate of drug-likeness (QED) is 0.884. The maximum absolute atomic E-state index is 11.8. The van der Waals surface area contributed by atoms with Crippen LogP contribution in [0.1, 0.15) is 17.8 Å². The van der Waals surface area contributed by atoms with Crippen molar-refractivity contribution in [1.82, 2.24) is 9.97 Å². The third-order valence-electron chi connectivity index (χ3n) is 2.43.